The van der Waals surface area contributed by atoms with Crippen molar-refractivity contribution in [2.75, 3.05) is 0 Å². The van der Waals surface area contributed by atoms with Crippen molar-refractivity contribution in [3.63, 3.8) is 0 Å². The van der Waals surface area contributed by atoms with Crippen LogP contribution < -0.4 is 0 Å². The van der Waals surface area contributed by atoms with Gasteiger partial charge in [-0.05, 0) is 110 Å². The number of aliphatic hydroxyl groups is 1. The second kappa shape index (κ2) is 8.42. The monoisotopic (exact) mass is 412 g/mol. The maximum atomic E-state index is 10.2. The molecule has 4 aliphatic rings. The fraction of sp³-hybridized carbons (Fsp3) is 0.862. The van der Waals surface area contributed by atoms with Crippen LogP contribution in [0.3, 0.4) is 0 Å². The summed E-state index contributed by atoms with van der Waals surface area (Å²) in [5.74, 6) is 5.70. The van der Waals surface area contributed by atoms with Gasteiger partial charge in [0.2, 0.25) is 0 Å². The van der Waals surface area contributed by atoms with Gasteiger partial charge in [-0.15, -0.1) is 0 Å². The molecular formula is C29H48O. The lowest BCUT2D eigenvalue weighted by Crippen LogP contribution is -2.50. The van der Waals surface area contributed by atoms with Crippen molar-refractivity contribution in [3.8, 4) is 0 Å². The van der Waals surface area contributed by atoms with Gasteiger partial charge in [0, 0.05) is 0 Å². The molecule has 9 atom stereocenters. The molecule has 0 heterocycles. The molecule has 0 aromatic rings. The van der Waals surface area contributed by atoms with E-state index in [-0.39, 0.29) is 6.10 Å². The van der Waals surface area contributed by atoms with Crippen LogP contribution in [0, 0.1) is 52.3 Å². The Hall–Kier alpha value is -0.560. The van der Waals surface area contributed by atoms with Crippen molar-refractivity contribution in [1.82, 2.24) is 0 Å². The first-order valence-corrected chi connectivity index (χ1v) is 13.3. The summed E-state index contributed by atoms with van der Waals surface area (Å²) in [5, 5.41) is 10.2. The lowest BCUT2D eigenvalue weighted by Gasteiger charge is -2.58. The van der Waals surface area contributed by atoms with E-state index in [0.29, 0.717) is 16.7 Å². The maximum absolute atomic E-state index is 10.2. The third kappa shape index (κ3) is 3.66. The second-order valence-corrected chi connectivity index (χ2v) is 12.4. The molecule has 0 spiro atoms. The summed E-state index contributed by atoms with van der Waals surface area (Å²) in [7, 11) is 0. The van der Waals surface area contributed by atoms with Crippen LogP contribution >= 0.6 is 0 Å². The van der Waals surface area contributed by atoms with Crippen LogP contribution in [0.25, 0.3) is 0 Å². The molecule has 0 amide bonds. The normalized spacial score (nSPS) is 45.6. The van der Waals surface area contributed by atoms with Gasteiger partial charge in [0.1, 0.15) is 0 Å². The Balaban J connectivity index is 1.52. The van der Waals surface area contributed by atoms with Gasteiger partial charge in [0.15, 0.2) is 0 Å². The summed E-state index contributed by atoms with van der Waals surface area (Å²) in [6.07, 6.45) is 19.1. The first-order chi connectivity index (χ1) is 14.2. The summed E-state index contributed by atoms with van der Waals surface area (Å²) in [6, 6.07) is 0. The molecule has 170 valence electrons. The van der Waals surface area contributed by atoms with Crippen LogP contribution in [-0.4, -0.2) is 11.2 Å². The zero-order valence-electron chi connectivity index (χ0n) is 20.7. The Kier molecular flexibility index (Phi) is 6.35. The van der Waals surface area contributed by atoms with Crippen molar-refractivity contribution in [3.05, 3.63) is 23.8 Å². The van der Waals surface area contributed by atoms with Crippen LogP contribution in [0.5, 0.6) is 0 Å². The van der Waals surface area contributed by atoms with Crippen molar-refractivity contribution in [1.29, 1.82) is 0 Å². The number of allylic oxidation sites excluding steroid dienone is 3. The average molecular weight is 413 g/mol. The third-order valence-corrected chi connectivity index (χ3v) is 10.8. The summed E-state index contributed by atoms with van der Waals surface area (Å²) in [4.78, 5) is 0. The van der Waals surface area contributed by atoms with Gasteiger partial charge < -0.3 is 5.11 Å². The minimum absolute atomic E-state index is 0.0870. The third-order valence-electron chi connectivity index (χ3n) is 10.8. The van der Waals surface area contributed by atoms with Gasteiger partial charge in [-0.25, -0.2) is 0 Å². The molecule has 3 fully saturated rings. The summed E-state index contributed by atoms with van der Waals surface area (Å²) < 4.78 is 0. The van der Waals surface area contributed by atoms with Gasteiger partial charge in [-0.3, -0.25) is 0 Å². The largest absolute Gasteiger partial charge is 0.393 e. The molecule has 4 aliphatic carbocycles. The van der Waals surface area contributed by atoms with Crippen molar-refractivity contribution in [2.24, 2.45) is 52.3 Å². The fourth-order valence-electron chi connectivity index (χ4n) is 8.83. The fourth-order valence-corrected chi connectivity index (χ4v) is 8.83. The van der Waals surface area contributed by atoms with Crippen LogP contribution in [0.2, 0.25) is 0 Å². The Morgan fingerprint density at radius 2 is 1.80 bits per heavy atom. The zero-order chi connectivity index (χ0) is 21.7. The topological polar surface area (TPSA) is 20.2 Å². The number of hydrogen-bond donors (Lipinski definition) is 1. The maximum Gasteiger partial charge on any atom is 0.0577 e. The van der Waals surface area contributed by atoms with E-state index < -0.39 is 0 Å². The zero-order valence-corrected chi connectivity index (χ0v) is 20.7. The van der Waals surface area contributed by atoms with Gasteiger partial charge in [-0.1, -0.05) is 65.3 Å². The van der Waals surface area contributed by atoms with E-state index >= 15 is 0 Å². The van der Waals surface area contributed by atoms with Crippen LogP contribution in [-0.2, 0) is 0 Å². The Morgan fingerprint density at radius 3 is 2.50 bits per heavy atom. The lowest BCUT2D eigenvalue weighted by molar-refractivity contribution is -0.0540. The van der Waals surface area contributed by atoms with E-state index in [2.05, 4.69) is 59.8 Å². The number of aliphatic hydroxyl groups excluding tert-OH is 1. The SMILES string of the molecule is CC[C@H](/C=C/[C@@H](C)[C@H]1CC[C@H]2[C@@H]3CC=C4C[C@H](O)CC[C@]4(C)[C@H]3CC[C@]12C)C(C)C. The molecule has 3 saturated carbocycles. The average Bonchev–Trinajstić information content (AvgIpc) is 3.06. The second-order valence-electron chi connectivity index (χ2n) is 12.4. The highest BCUT2D eigenvalue weighted by Gasteiger charge is 2.58. The highest BCUT2D eigenvalue weighted by atomic mass is 16.3. The van der Waals surface area contributed by atoms with Gasteiger partial charge in [0.05, 0.1) is 6.10 Å². The minimum atomic E-state index is -0.0870. The van der Waals surface area contributed by atoms with E-state index in [1.54, 1.807) is 5.57 Å². The predicted octanol–water partition coefficient (Wildman–Crippen LogP) is 7.80. The Bertz CT molecular complexity index is 674. The number of fused-ring (bicyclic) bond motifs is 5. The van der Waals surface area contributed by atoms with Gasteiger partial charge in [0.25, 0.3) is 0 Å². The molecule has 4 rings (SSSR count). The lowest BCUT2D eigenvalue weighted by atomic mass is 9.47. The molecule has 0 aromatic heterocycles. The van der Waals surface area contributed by atoms with Gasteiger partial charge in [-0.2, -0.15) is 0 Å². The van der Waals surface area contributed by atoms with Crippen LogP contribution in [0.1, 0.15) is 99.3 Å². The molecule has 0 unspecified atom stereocenters. The minimum Gasteiger partial charge on any atom is -0.393 e. The van der Waals surface area contributed by atoms with E-state index in [4.69, 9.17) is 0 Å². The van der Waals surface area contributed by atoms with Crippen LogP contribution in [0.15, 0.2) is 23.8 Å². The van der Waals surface area contributed by atoms with E-state index in [1.807, 2.05) is 0 Å². The van der Waals surface area contributed by atoms with Crippen molar-refractivity contribution in [2.45, 2.75) is 105 Å². The summed E-state index contributed by atoms with van der Waals surface area (Å²) in [5.41, 5.74) is 2.51. The highest BCUT2D eigenvalue weighted by molar-refractivity contribution is 5.25. The Morgan fingerprint density at radius 1 is 1.03 bits per heavy atom. The molecule has 0 radical (unpaired) electrons. The van der Waals surface area contributed by atoms with Crippen molar-refractivity contribution < 1.29 is 5.11 Å². The summed E-state index contributed by atoms with van der Waals surface area (Å²) in [6.45, 7) is 14.8. The molecule has 1 heteroatoms. The quantitative estimate of drug-likeness (QED) is 0.457. The molecule has 1 N–H and O–H groups in total. The smallest absolute Gasteiger partial charge is 0.0577 e. The Labute approximate surface area is 186 Å². The standard InChI is InChI=1S/C29H48O/c1-7-21(19(2)3)9-8-20(4)25-12-13-26-24-11-10-22-18-23(30)14-16-28(22,5)27(24)15-17-29(25,26)6/h8-10,19-21,23-27,30H,7,11-18H2,1-6H3/b9-8+/t20-,21-,23-,24+,25-,26+,27+,28+,29-/m1/s1. The molecular weight excluding hydrogens is 364 g/mol. The number of hydrogen-bond acceptors (Lipinski definition) is 1. The van der Waals surface area contributed by atoms with Crippen LogP contribution in [0.4, 0.5) is 0 Å². The molecule has 0 bridgehead atoms. The van der Waals surface area contributed by atoms with E-state index in [9.17, 15) is 5.11 Å². The molecule has 0 aliphatic heterocycles. The predicted molar refractivity (Wildman–Crippen MR) is 128 cm³/mol. The highest BCUT2D eigenvalue weighted by Crippen LogP contribution is 2.67. The van der Waals surface area contributed by atoms with Gasteiger partial charge >= 0.3 is 0 Å². The molecule has 0 saturated heterocycles. The van der Waals surface area contributed by atoms with E-state index in [1.165, 1.54) is 44.9 Å². The molecule has 0 aromatic carbocycles. The summed E-state index contributed by atoms with van der Waals surface area (Å²) >= 11 is 0. The molecule has 1 nitrogen and oxygen atoms in total. The number of rotatable bonds is 5. The van der Waals surface area contributed by atoms with E-state index in [0.717, 1.165) is 48.3 Å². The first kappa shape index (κ1) is 22.6. The van der Waals surface area contributed by atoms with Crippen molar-refractivity contribution >= 4 is 0 Å². The first-order valence-electron chi connectivity index (χ1n) is 13.3. The molecule has 30 heavy (non-hydrogen) atoms.